The molecule has 0 fully saturated rings. The molecular weight excluding hydrogens is 336 g/mol. The van der Waals surface area contributed by atoms with Crippen LogP contribution < -0.4 is 0 Å². The molecule has 0 saturated carbocycles. The minimum atomic E-state index is 0.0905. The number of para-hydroxylation sites is 1. The number of hydrogen-bond donors (Lipinski definition) is 0. The van der Waals surface area contributed by atoms with E-state index in [1.54, 1.807) is 4.90 Å². The van der Waals surface area contributed by atoms with Gasteiger partial charge in [-0.25, -0.2) is 4.68 Å². The van der Waals surface area contributed by atoms with Crippen LogP contribution in [0.15, 0.2) is 73.1 Å². The molecule has 1 unspecified atom stereocenters. The molecule has 140 valence electrons. The maximum atomic E-state index is 12.6. The Hall–Kier alpha value is -2.92. The minimum absolute atomic E-state index is 0.0905. The predicted molar refractivity (Wildman–Crippen MR) is 108 cm³/mol. The van der Waals surface area contributed by atoms with Crippen molar-refractivity contribution in [3.63, 3.8) is 0 Å². The number of nitrogens with zero attached hydrogens (tertiary/aromatic N) is 4. The van der Waals surface area contributed by atoms with Gasteiger partial charge >= 0.3 is 0 Å². The molecule has 3 aromatic rings. The number of rotatable bonds is 7. The maximum absolute atomic E-state index is 12.6. The molecule has 2 aromatic carbocycles. The second-order valence-corrected chi connectivity index (χ2v) is 6.88. The summed E-state index contributed by atoms with van der Waals surface area (Å²) in [5.41, 5.74) is 3.22. The highest BCUT2D eigenvalue weighted by Gasteiger charge is 2.17. The zero-order valence-corrected chi connectivity index (χ0v) is 16.1. The van der Waals surface area contributed by atoms with Gasteiger partial charge in [0.1, 0.15) is 0 Å². The molecule has 3 rings (SSSR count). The van der Waals surface area contributed by atoms with Crippen molar-refractivity contribution in [3.8, 4) is 5.69 Å². The standard InChI is InChI=1S/C22H26N4O/c1-18(20-10-6-4-7-11-20)24(2)17-22(27)25(3)15-19-14-23-26(16-19)21-12-8-5-9-13-21/h4-14,16,18H,15,17H2,1-3H3. The monoisotopic (exact) mass is 362 g/mol. The van der Waals surface area contributed by atoms with Crippen LogP contribution in [0.2, 0.25) is 0 Å². The molecule has 0 aliphatic heterocycles. The zero-order valence-electron chi connectivity index (χ0n) is 16.1. The molecule has 0 saturated heterocycles. The number of carbonyl (C=O) groups is 1. The van der Waals surface area contributed by atoms with Gasteiger partial charge in [-0.1, -0.05) is 48.5 Å². The summed E-state index contributed by atoms with van der Waals surface area (Å²) in [4.78, 5) is 16.4. The first-order chi connectivity index (χ1) is 13.0. The van der Waals surface area contributed by atoms with Crippen LogP contribution in [-0.4, -0.2) is 46.1 Å². The number of carbonyl (C=O) groups excluding carboxylic acids is 1. The van der Waals surface area contributed by atoms with Crippen molar-refractivity contribution in [1.82, 2.24) is 19.6 Å². The molecule has 1 heterocycles. The summed E-state index contributed by atoms with van der Waals surface area (Å²) in [6, 6.07) is 20.4. The topological polar surface area (TPSA) is 41.4 Å². The van der Waals surface area contributed by atoms with E-state index in [0.717, 1.165) is 11.3 Å². The highest BCUT2D eigenvalue weighted by Crippen LogP contribution is 2.18. The van der Waals surface area contributed by atoms with Gasteiger partial charge < -0.3 is 4.90 Å². The summed E-state index contributed by atoms with van der Waals surface area (Å²) in [6.45, 7) is 3.03. The van der Waals surface area contributed by atoms with Gasteiger partial charge in [0, 0.05) is 31.4 Å². The second-order valence-electron chi connectivity index (χ2n) is 6.88. The third kappa shape index (κ3) is 4.83. The first-order valence-electron chi connectivity index (χ1n) is 9.12. The Morgan fingerprint density at radius 2 is 1.67 bits per heavy atom. The molecule has 27 heavy (non-hydrogen) atoms. The number of hydrogen-bond acceptors (Lipinski definition) is 3. The number of amides is 1. The molecule has 0 bridgehead atoms. The van der Waals surface area contributed by atoms with E-state index in [-0.39, 0.29) is 11.9 Å². The second kappa shape index (κ2) is 8.64. The largest absolute Gasteiger partial charge is 0.340 e. The summed E-state index contributed by atoms with van der Waals surface area (Å²) >= 11 is 0. The lowest BCUT2D eigenvalue weighted by Crippen LogP contribution is -2.37. The Balaban J connectivity index is 1.57. The molecule has 0 aliphatic carbocycles. The molecule has 1 aromatic heterocycles. The summed E-state index contributed by atoms with van der Waals surface area (Å²) in [5, 5.41) is 4.40. The van der Waals surface area contributed by atoms with Gasteiger partial charge in [-0.3, -0.25) is 9.69 Å². The Labute approximate surface area is 160 Å². The van der Waals surface area contributed by atoms with Gasteiger partial charge in [-0.2, -0.15) is 5.10 Å². The molecule has 1 atom stereocenters. The Kier molecular flexibility index (Phi) is 6.04. The Morgan fingerprint density at radius 1 is 1.04 bits per heavy atom. The smallest absolute Gasteiger partial charge is 0.236 e. The lowest BCUT2D eigenvalue weighted by Gasteiger charge is -2.26. The lowest BCUT2D eigenvalue weighted by atomic mass is 10.1. The van der Waals surface area contributed by atoms with Crippen molar-refractivity contribution < 1.29 is 4.79 Å². The fourth-order valence-corrected chi connectivity index (χ4v) is 2.98. The summed E-state index contributed by atoms with van der Waals surface area (Å²) < 4.78 is 1.83. The summed E-state index contributed by atoms with van der Waals surface area (Å²) in [5.74, 6) is 0.0905. The maximum Gasteiger partial charge on any atom is 0.236 e. The number of aromatic nitrogens is 2. The number of likely N-dealkylation sites (N-methyl/N-ethyl adjacent to an activating group) is 2. The van der Waals surface area contributed by atoms with Gasteiger partial charge in [0.15, 0.2) is 0 Å². The van der Waals surface area contributed by atoms with E-state index in [4.69, 9.17) is 0 Å². The average Bonchev–Trinajstić information content (AvgIpc) is 3.17. The van der Waals surface area contributed by atoms with Crippen molar-refractivity contribution in [2.75, 3.05) is 20.6 Å². The van der Waals surface area contributed by atoms with Gasteiger partial charge in [-0.15, -0.1) is 0 Å². The zero-order chi connectivity index (χ0) is 19.2. The summed E-state index contributed by atoms with van der Waals surface area (Å²) in [6.07, 6.45) is 3.78. The molecular formula is C22H26N4O. The van der Waals surface area contributed by atoms with E-state index >= 15 is 0 Å². The van der Waals surface area contributed by atoms with Crippen LogP contribution in [0, 0.1) is 0 Å². The van der Waals surface area contributed by atoms with Crippen molar-refractivity contribution in [2.24, 2.45) is 0 Å². The fourth-order valence-electron chi connectivity index (χ4n) is 2.98. The average molecular weight is 362 g/mol. The third-order valence-corrected chi connectivity index (χ3v) is 4.83. The summed E-state index contributed by atoms with van der Waals surface area (Å²) in [7, 11) is 3.82. The van der Waals surface area contributed by atoms with E-state index < -0.39 is 0 Å². The Bertz CT molecular complexity index is 860. The van der Waals surface area contributed by atoms with E-state index in [1.807, 2.05) is 79.7 Å². The van der Waals surface area contributed by atoms with Crippen molar-refractivity contribution in [3.05, 3.63) is 84.2 Å². The molecule has 0 radical (unpaired) electrons. The van der Waals surface area contributed by atoms with E-state index in [2.05, 4.69) is 29.1 Å². The van der Waals surface area contributed by atoms with E-state index in [9.17, 15) is 4.79 Å². The Morgan fingerprint density at radius 3 is 2.33 bits per heavy atom. The quantitative estimate of drug-likeness (QED) is 0.646. The number of benzene rings is 2. The molecule has 5 nitrogen and oxygen atoms in total. The van der Waals surface area contributed by atoms with Gasteiger partial charge in [0.25, 0.3) is 0 Å². The molecule has 0 spiro atoms. The van der Waals surface area contributed by atoms with Crippen molar-refractivity contribution >= 4 is 5.91 Å². The lowest BCUT2D eigenvalue weighted by molar-refractivity contribution is -0.131. The van der Waals surface area contributed by atoms with Gasteiger partial charge in [-0.05, 0) is 31.7 Å². The molecule has 5 heteroatoms. The van der Waals surface area contributed by atoms with E-state index in [0.29, 0.717) is 13.1 Å². The van der Waals surface area contributed by atoms with Crippen LogP contribution in [0.25, 0.3) is 5.69 Å². The van der Waals surface area contributed by atoms with Crippen LogP contribution in [0.5, 0.6) is 0 Å². The molecule has 0 aliphatic rings. The van der Waals surface area contributed by atoms with Crippen LogP contribution in [0.4, 0.5) is 0 Å². The van der Waals surface area contributed by atoms with Crippen molar-refractivity contribution in [2.45, 2.75) is 19.5 Å². The third-order valence-electron chi connectivity index (χ3n) is 4.83. The van der Waals surface area contributed by atoms with Gasteiger partial charge in [0.05, 0.1) is 18.4 Å². The first kappa shape index (κ1) is 18.9. The van der Waals surface area contributed by atoms with Crippen LogP contribution >= 0.6 is 0 Å². The van der Waals surface area contributed by atoms with Crippen LogP contribution in [-0.2, 0) is 11.3 Å². The first-order valence-corrected chi connectivity index (χ1v) is 9.12. The highest BCUT2D eigenvalue weighted by atomic mass is 16.2. The molecule has 0 N–H and O–H groups in total. The fraction of sp³-hybridized carbons (Fsp3) is 0.273. The normalized spacial score (nSPS) is 12.1. The molecule has 1 amide bonds. The predicted octanol–water partition coefficient (Wildman–Crippen LogP) is 3.52. The minimum Gasteiger partial charge on any atom is -0.340 e. The van der Waals surface area contributed by atoms with Crippen LogP contribution in [0.3, 0.4) is 0 Å². The SMILES string of the molecule is CC(c1ccccc1)N(C)CC(=O)N(C)Cc1cnn(-c2ccccc2)c1. The van der Waals surface area contributed by atoms with E-state index in [1.165, 1.54) is 5.56 Å². The van der Waals surface area contributed by atoms with Crippen molar-refractivity contribution in [1.29, 1.82) is 0 Å². The van der Waals surface area contributed by atoms with Gasteiger partial charge in [0.2, 0.25) is 5.91 Å². The van der Waals surface area contributed by atoms with Crippen LogP contribution in [0.1, 0.15) is 24.1 Å². The highest BCUT2D eigenvalue weighted by molar-refractivity contribution is 5.78.